The maximum atomic E-state index is 12.7. The fraction of sp³-hybridized carbons (Fsp3) is 0.409. The number of nitrogens with zero attached hydrogens (tertiary/aromatic N) is 2. The number of carbonyl (C=O) groups is 1. The van der Waals surface area contributed by atoms with Crippen molar-refractivity contribution in [2.75, 3.05) is 0 Å². The average Bonchev–Trinajstić information content (AvgIpc) is 2.91. The minimum Gasteiger partial charge on any atom is -0.345 e. The number of fused-ring (bicyclic) bond motifs is 2. The van der Waals surface area contributed by atoms with Gasteiger partial charge < -0.3 is 5.32 Å². The van der Waals surface area contributed by atoms with Crippen LogP contribution in [0.15, 0.2) is 42.6 Å². The minimum atomic E-state index is -0.139. The SMILES string of the molecule is Cc1cccc(C(=O)NC23CCCC(C#Cc4ccccn4)(CC2)C3)n1. The lowest BCUT2D eigenvalue weighted by Gasteiger charge is -2.37. The summed E-state index contributed by atoms with van der Waals surface area (Å²) in [6, 6.07) is 11.4. The molecule has 0 aliphatic heterocycles. The Morgan fingerprint density at radius 1 is 1.12 bits per heavy atom. The zero-order chi connectivity index (χ0) is 18.0. The van der Waals surface area contributed by atoms with E-state index in [1.165, 1.54) is 0 Å². The maximum absolute atomic E-state index is 12.7. The van der Waals surface area contributed by atoms with Crippen molar-refractivity contribution in [3.05, 3.63) is 59.7 Å². The summed E-state index contributed by atoms with van der Waals surface area (Å²) in [6.45, 7) is 1.91. The second-order valence-electron chi connectivity index (χ2n) is 7.67. The Labute approximate surface area is 154 Å². The van der Waals surface area contributed by atoms with Crippen LogP contribution in [0, 0.1) is 24.2 Å². The van der Waals surface area contributed by atoms with Crippen LogP contribution in [-0.4, -0.2) is 21.4 Å². The molecule has 2 bridgehead atoms. The lowest BCUT2D eigenvalue weighted by molar-refractivity contribution is 0.0866. The minimum absolute atomic E-state index is 0.00306. The van der Waals surface area contributed by atoms with Crippen LogP contribution in [0.5, 0.6) is 0 Å². The zero-order valence-electron chi connectivity index (χ0n) is 15.1. The van der Waals surface area contributed by atoms with Crippen molar-refractivity contribution in [3.8, 4) is 11.8 Å². The summed E-state index contributed by atoms with van der Waals surface area (Å²) in [6.07, 6.45) is 7.95. The number of rotatable bonds is 2. The van der Waals surface area contributed by atoms with Crippen molar-refractivity contribution in [3.63, 3.8) is 0 Å². The van der Waals surface area contributed by atoms with Crippen LogP contribution in [0.1, 0.15) is 60.4 Å². The summed E-state index contributed by atoms with van der Waals surface area (Å²) < 4.78 is 0. The van der Waals surface area contributed by atoms with E-state index in [1.807, 2.05) is 37.3 Å². The van der Waals surface area contributed by atoms with Crippen molar-refractivity contribution < 1.29 is 4.79 Å². The van der Waals surface area contributed by atoms with Crippen LogP contribution in [0.25, 0.3) is 0 Å². The number of carbonyl (C=O) groups excluding carboxylic acids is 1. The van der Waals surface area contributed by atoms with Gasteiger partial charge >= 0.3 is 0 Å². The van der Waals surface area contributed by atoms with E-state index in [2.05, 4.69) is 27.1 Å². The highest BCUT2D eigenvalue weighted by atomic mass is 16.2. The van der Waals surface area contributed by atoms with Crippen molar-refractivity contribution >= 4 is 5.91 Å². The van der Waals surface area contributed by atoms with Crippen molar-refractivity contribution in [2.45, 2.75) is 51.0 Å². The van der Waals surface area contributed by atoms with Crippen LogP contribution in [0.4, 0.5) is 0 Å². The lowest BCUT2D eigenvalue weighted by Crippen LogP contribution is -2.49. The Morgan fingerprint density at radius 3 is 2.85 bits per heavy atom. The van der Waals surface area contributed by atoms with Crippen LogP contribution in [0.3, 0.4) is 0 Å². The highest BCUT2D eigenvalue weighted by molar-refractivity contribution is 5.92. The molecule has 0 aromatic carbocycles. The van der Waals surface area contributed by atoms with Gasteiger partial charge in [-0.2, -0.15) is 0 Å². The first-order chi connectivity index (χ1) is 12.6. The molecule has 132 valence electrons. The van der Waals surface area contributed by atoms with Gasteiger partial charge in [0.25, 0.3) is 5.91 Å². The molecule has 1 N–H and O–H groups in total. The molecule has 2 aromatic rings. The van der Waals surface area contributed by atoms with Gasteiger partial charge in [0.05, 0.1) is 0 Å². The molecule has 2 aliphatic rings. The number of hydrogen-bond acceptors (Lipinski definition) is 3. The van der Waals surface area contributed by atoms with Gasteiger partial charge in [0.1, 0.15) is 11.4 Å². The highest BCUT2D eigenvalue weighted by Gasteiger charge is 2.51. The quantitative estimate of drug-likeness (QED) is 0.845. The van der Waals surface area contributed by atoms with E-state index in [0.29, 0.717) is 5.69 Å². The number of aryl methyl sites for hydroxylation is 1. The van der Waals surface area contributed by atoms with Crippen LogP contribution in [0.2, 0.25) is 0 Å². The Balaban J connectivity index is 1.52. The molecule has 2 aromatic heterocycles. The Bertz CT molecular complexity index is 883. The molecule has 4 heteroatoms. The predicted molar refractivity (Wildman–Crippen MR) is 100 cm³/mol. The van der Waals surface area contributed by atoms with Gasteiger partial charge in [-0.15, -0.1) is 0 Å². The Hall–Kier alpha value is -2.67. The molecule has 2 aliphatic carbocycles. The second-order valence-corrected chi connectivity index (χ2v) is 7.67. The first kappa shape index (κ1) is 16.8. The number of hydrogen-bond donors (Lipinski definition) is 1. The lowest BCUT2D eigenvalue weighted by atomic mass is 9.73. The molecule has 26 heavy (non-hydrogen) atoms. The van der Waals surface area contributed by atoms with Gasteiger partial charge in [0, 0.05) is 22.8 Å². The first-order valence-electron chi connectivity index (χ1n) is 9.29. The van der Waals surface area contributed by atoms with Crippen molar-refractivity contribution in [1.82, 2.24) is 15.3 Å². The fourth-order valence-electron chi connectivity index (χ4n) is 4.44. The van der Waals surface area contributed by atoms with E-state index in [9.17, 15) is 4.79 Å². The van der Waals surface area contributed by atoms with Gasteiger partial charge in [-0.3, -0.25) is 4.79 Å². The van der Waals surface area contributed by atoms with Gasteiger partial charge in [-0.1, -0.05) is 18.1 Å². The first-order valence-corrected chi connectivity index (χ1v) is 9.29. The Morgan fingerprint density at radius 2 is 2.04 bits per heavy atom. The molecule has 2 heterocycles. The van der Waals surface area contributed by atoms with Gasteiger partial charge in [-0.25, -0.2) is 9.97 Å². The summed E-state index contributed by atoms with van der Waals surface area (Å²) in [5, 5.41) is 3.31. The maximum Gasteiger partial charge on any atom is 0.270 e. The van der Waals surface area contributed by atoms with Crippen LogP contribution < -0.4 is 5.32 Å². The fourth-order valence-corrected chi connectivity index (χ4v) is 4.44. The molecule has 0 saturated heterocycles. The molecule has 2 fully saturated rings. The number of nitrogens with one attached hydrogen (secondary N) is 1. The summed E-state index contributed by atoms with van der Waals surface area (Å²) in [5.41, 5.74) is 2.04. The summed E-state index contributed by atoms with van der Waals surface area (Å²) in [4.78, 5) is 21.4. The third kappa shape index (κ3) is 3.35. The van der Waals surface area contributed by atoms with E-state index in [0.717, 1.165) is 49.9 Å². The molecule has 2 saturated carbocycles. The monoisotopic (exact) mass is 345 g/mol. The summed E-state index contributed by atoms with van der Waals surface area (Å²) in [7, 11) is 0. The van der Waals surface area contributed by atoms with E-state index in [-0.39, 0.29) is 16.9 Å². The van der Waals surface area contributed by atoms with Gasteiger partial charge in [-0.05, 0) is 75.6 Å². The average molecular weight is 345 g/mol. The Kier molecular flexibility index (Phi) is 4.24. The van der Waals surface area contributed by atoms with E-state index >= 15 is 0 Å². The molecule has 1 amide bonds. The van der Waals surface area contributed by atoms with E-state index in [4.69, 9.17) is 0 Å². The molecule has 4 nitrogen and oxygen atoms in total. The molecule has 2 atom stereocenters. The smallest absolute Gasteiger partial charge is 0.270 e. The third-order valence-electron chi connectivity index (χ3n) is 5.69. The summed E-state index contributed by atoms with van der Waals surface area (Å²) in [5.74, 6) is 6.70. The molecule has 0 radical (unpaired) electrons. The van der Waals surface area contributed by atoms with E-state index < -0.39 is 0 Å². The zero-order valence-corrected chi connectivity index (χ0v) is 15.1. The normalized spacial score (nSPS) is 26.7. The number of amides is 1. The van der Waals surface area contributed by atoms with Crippen molar-refractivity contribution in [1.29, 1.82) is 0 Å². The standard InChI is InChI=1S/C22H23N3O/c1-17-6-4-8-19(24-17)20(26)25-22-11-5-10-21(16-22,13-14-22)12-9-18-7-2-3-15-23-18/h2-4,6-8,15H,5,10-11,13-14,16H2,1H3,(H,25,26). The second kappa shape index (κ2) is 6.57. The number of pyridine rings is 2. The summed E-state index contributed by atoms with van der Waals surface area (Å²) >= 11 is 0. The topological polar surface area (TPSA) is 54.9 Å². The van der Waals surface area contributed by atoms with Gasteiger partial charge in [0.15, 0.2) is 0 Å². The van der Waals surface area contributed by atoms with Gasteiger partial charge in [0.2, 0.25) is 0 Å². The molecular formula is C22H23N3O. The third-order valence-corrected chi connectivity index (χ3v) is 5.69. The molecule has 0 spiro atoms. The molecule has 2 unspecified atom stereocenters. The largest absolute Gasteiger partial charge is 0.345 e. The molecular weight excluding hydrogens is 322 g/mol. The van der Waals surface area contributed by atoms with Crippen LogP contribution in [-0.2, 0) is 0 Å². The molecule has 4 rings (SSSR count). The predicted octanol–water partition coefficient (Wildman–Crippen LogP) is 3.66. The highest BCUT2D eigenvalue weighted by Crippen LogP contribution is 2.53. The van der Waals surface area contributed by atoms with Crippen molar-refractivity contribution in [2.24, 2.45) is 5.41 Å². The van der Waals surface area contributed by atoms with E-state index in [1.54, 1.807) is 12.3 Å². The number of aromatic nitrogens is 2. The van der Waals surface area contributed by atoms with Crippen LogP contribution >= 0.6 is 0 Å².